The summed E-state index contributed by atoms with van der Waals surface area (Å²) in [6, 6.07) is 0.255. The Kier molecular flexibility index (Phi) is 9.63. The fourth-order valence-corrected chi connectivity index (χ4v) is 2.92. The normalized spacial score (nSPS) is 24.2. The lowest BCUT2D eigenvalue weighted by molar-refractivity contribution is -0.124. The molecule has 1 amide bonds. The van der Waals surface area contributed by atoms with Crippen molar-refractivity contribution in [2.75, 3.05) is 46.5 Å². The molecule has 6 heteroatoms. The second-order valence-electron chi connectivity index (χ2n) is 6.09. The highest BCUT2D eigenvalue weighted by molar-refractivity contribution is 5.76. The number of methoxy groups -OCH3 is 1. The van der Waals surface area contributed by atoms with Crippen LogP contribution in [0.3, 0.4) is 0 Å². The number of hydrogen-bond donors (Lipinski definition) is 2. The van der Waals surface area contributed by atoms with Crippen LogP contribution in [-0.4, -0.2) is 69.5 Å². The lowest BCUT2D eigenvalue weighted by atomic mass is 9.93. The molecule has 0 radical (unpaired) electrons. The van der Waals surface area contributed by atoms with Crippen LogP contribution in [0.1, 0.15) is 33.1 Å². The van der Waals surface area contributed by atoms with Gasteiger partial charge in [0.25, 0.3) is 0 Å². The Morgan fingerprint density at radius 3 is 2.86 bits per heavy atom. The third-order valence-electron chi connectivity index (χ3n) is 4.31. The summed E-state index contributed by atoms with van der Waals surface area (Å²) in [4.78, 5) is 14.5. The second-order valence-corrected chi connectivity index (χ2v) is 6.09. The van der Waals surface area contributed by atoms with Crippen molar-refractivity contribution in [3.8, 4) is 0 Å². The number of amides is 1. The van der Waals surface area contributed by atoms with E-state index in [4.69, 9.17) is 15.2 Å². The number of likely N-dealkylation sites (tertiary alicyclic amines) is 1. The number of piperidine rings is 1. The van der Waals surface area contributed by atoms with Crippen molar-refractivity contribution < 1.29 is 14.3 Å². The van der Waals surface area contributed by atoms with E-state index < -0.39 is 0 Å². The number of nitrogens with one attached hydrogen (secondary N) is 1. The average molecular weight is 315 g/mol. The van der Waals surface area contributed by atoms with Crippen LogP contribution in [0, 0.1) is 5.92 Å². The first-order valence-corrected chi connectivity index (χ1v) is 8.43. The Balaban J connectivity index is 2.26. The average Bonchev–Trinajstić information content (AvgIpc) is 2.51. The summed E-state index contributed by atoms with van der Waals surface area (Å²) in [5.41, 5.74) is 5.56. The predicted octanol–water partition coefficient (Wildman–Crippen LogP) is 0.603. The van der Waals surface area contributed by atoms with Gasteiger partial charge in [-0.1, -0.05) is 6.92 Å². The van der Waals surface area contributed by atoms with E-state index in [1.54, 1.807) is 7.11 Å². The predicted molar refractivity (Wildman–Crippen MR) is 87.7 cm³/mol. The third-order valence-corrected chi connectivity index (χ3v) is 4.31. The van der Waals surface area contributed by atoms with E-state index in [0.717, 1.165) is 45.7 Å². The largest absolute Gasteiger partial charge is 0.382 e. The SMILES string of the molecule is CCOCCCN1CCC(NC(=O)CC(CN)OC)C(C)C1. The summed E-state index contributed by atoms with van der Waals surface area (Å²) >= 11 is 0. The molecule has 0 aromatic rings. The Hall–Kier alpha value is -0.690. The lowest BCUT2D eigenvalue weighted by Gasteiger charge is -2.37. The van der Waals surface area contributed by atoms with Crippen LogP contribution >= 0.6 is 0 Å². The molecular formula is C16H33N3O3. The second kappa shape index (κ2) is 10.9. The Bertz CT molecular complexity index is 311. The molecule has 0 aromatic carbocycles. The highest BCUT2D eigenvalue weighted by Gasteiger charge is 2.27. The fourth-order valence-electron chi connectivity index (χ4n) is 2.92. The third kappa shape index (κ3) is 7.05. The summed E-state index contributed by atoms with van der Waals surface area (Å²) in [6.07, 6.45) is 2.23. The van der Waals surface area contributed by atoms with Crippen LogP contribution in [0.5, 0.6) is 0 Å². The van der Waals surface area contributed by atoms with E-state index >= 15 is 0 Å². The van der Waals surface area contributed by atoms with Gasteiger partial charge in [0, 0.05) is 52.5 Å². The van der Waals surface area contributed by atoms with Gasteiger partial charge in [-0.2, -0.15) is 0 Å². The molecule has 6 nitrogen and oxygen atoms in total. The molecule has 0 spiro atoms. The first kappa shape index (κ1) is 19.4. The summed E-state index contributed by atoms with van der Waals surface area (Å²) < 4.78 is 10.5. The van der Waals surface area contributed by atoms with Gasteiger partial charge in [-0.05, 0) is 25.7 Å². The van der Waals surface area contributed by atoms with E-state index in [0.29, 0.717) is 18.9 Å². The van der Waals surface area contributed by atoms with Crippen LogP contribution in [0.2, 0.25) is 0 Å². The number of hydrogen-bond acceptors (Lipinski definition) is 5. The molecule has 1 aliphatic heterocycles. The van der Waals surface area contributed by atoms with Crippen molar-refractivity contribution in [2.45, 2.75) is 45.3 Å². The summed E-state index contributed by atoms with van der Waals surface area (Å²) in [5, 5.41) is 3.14. The monoisotopic (exact) mass is 315 g/mol. The molecule has 1 heterocycles. The van der Waals surface area contributed by atoms with E-state index in [1.165, 1.54) is 0 Å². The summed E-state index contributed by atoms with van der Waals surface area (Å²) in [7, 11) is 1.59. The van der Waals surface area contributed by atoms with Crippen LogP contribution < -0.4 is 11.1 Å². The van der Waals surface area contributed by atoms with E-state index in [9.17, 15) is 4.79 Å². The Morgan fingerprint density at radius 1 is 1.50 bits per heavy atom. The lowest BCUT2D eigenvalue weighted by Crippen LogP contribution is -2.50. The number of carbonyl (C=O) groups is 1. The smallest absolute Gasteiger partial charge is 0.222 e. The standard InChI is InChI=1S/C16H33N3O3/c1-4-22-9-5-7-19-8-6-15(13(2)12-19)18-16(20)10-14(11-17)21-3/h13-15H,4-12,17H2,1-3H3,(H,18,20). The molecule has 1 aliphatic rings. The molecule has 1 saturated heterocycles. The van der Waals surface area contributed by atoms with Crippen molar-refractivity contribution in [3.63, 3.8) is 0 Å². The highest BCUT2D eigenvalue weighted by Crippen LogP contribution is 2.17. The van der Waals surface area contributed by atoms with Crippen LogP contribution in [0.4, 0.5) is 0 Å². The molecular weight excluding hydrogens is 282 g/mol. The zero-order chi connectivity index (χ0) is 16.4. The van der Waals surface area contributed by atoms with Crippen LogP contribution in [0.25, 0.3) is 0 Å². The minimum atomic E-state index is -0.186. The number of carbonyl (C=O) groups excluding carboxylic acids is 1. The molecule has 0 bridgehead atoms. The van der Waals surface area contributed by atoms with E-state index in [-0.39, 0.29) is 18.1 Å². The van der Waals surface area contributed by atoms with Gasteiger partial charge in [0.1, 0.15) is 0 Å². The Morgan fingerprint density at radius 2 is 2.27 bits per heavy atom. The zero-order valence-electron chi connectivity index (χ0n) is 14.3. The minimum Gasteiger partial charge on any atom is -0.382 e. The molecule has 3 unspecified atom stereocenters. The Labute approximate surface area is 134 Å². The van der Waals surface area contributed by atoms with Gasteiger partial charge >= 0.3 is 0 Å². The van der Waals surface area contributed by atoms with Crippen LogP contribution in [-0.2, 0) is 14.3 Å². The number of nitrogens with zero attached hydrogens (tertiary/aromatic N) is 1. The van der Waals surface area contributed by atoms with Crippen molar-refractivity contribution >= 4 is 5.91 Å². The molecule has 1 rings (SSSR count). The van der Waals surface area contributed by atoms with Gasteiger partial charge < -0.3 is 25.4 Å². The molecule has 3 N–H and O–H groups in total. The topological polar surface area (TPSA) is 76.8 Å². The number of rotatable bonds is 10. The molecule has 0 aliphatic carbocycles. The van der Waals surface area contributed by atoms with Crippen molar-refractivity contribution in [3.05, 3.63) is 0 Å². The fraction of sp³-hybridized carbons (Fsp3) is 0.938. The van der Waals surface area contributed by atoms with Gasteiger partial charge in [-0.25, -0.2) is 0 Å². The zero-order valence-corrected chi connectivity index (χ0v) is 14.3. The first-order chi connectivity index (χ1) is 10.6. The quantitative estimate of drug-likeness (QED) is 0.578. The number of ether oxygens (including phenoxy) is 2. The van der Waals surface area contributed by atoms with Gasteiger partial charge in [-0.15, -0.1) is 0 Å². The highest BCUT2D eigenvalue weighted by atomic mass is 16.5. The molecule has 0 aromatic heterocycles. The maximum absolute atomic E-state index is 12.0. The molecule has 130 valence electrons. The minimum absolute atomic E-state index is 0.0407. The van der Waals surface area contributed by atoms with E-state index in [1.807, 2.05) is 6.92 Å². The van der Waals surface area contributed by atoms with Gasteiger partial charge in [-0.3, -0.25) is 4.79 Å². The molecule has 3 atom stereocenters. The van der Waals surface area contributed by atoms with E-state index in [2.05, 4.69) is 17.1 Å². The van der Waals surface area contributed by atoms with Gasteiger partial charge in [0.15, 0.2) is 0 Å². The van der Waals surface area contributed by atoms with Gasteiger partial charge in [0.2, 0.25) is 5.91 Å². The summed E-state index contributed by atoms with van der Waals surface area (Å²) in [6.45, 7) is 9.36. The molecule has 22 heavy (non-hydrogen) atoms. The molecule has 1 fully saturated rings. The number of nitrogens with two attached hydrogens (primary N) is 1. The van der Waals surface area contributed by atoms with Crippen molar-refractivity contribution in [1.29, 1.82) is 0 Å². The van der Waals surface area contributed by atoms with Gasteiger partial charge in [0.05, 0.1) is 12.5 Å². The molecule has 0 saturated carbocycles. The first-order valence-electron chi connectivity index (χ1n) is 8.43. The summed E-state index contributed by atoms with van der Waals surface area (Å²) in [5.74, 6) is 0.502. The maximum Gasteiger partial charge on any atom is 0.222 e. The van der Waals surface area contributed by atoms with Crippen molar-refractivity contribution in [1.82, 2.24) is 10.2 Å². The van der Waals surface area contributed by atoms with Crippen molar-refractivity contribution in [2.24, 2.45) is 11.7 Å². The van der Waals surface area contributed by atoms with Crippen LogP contribution in [0.15, 0.2) is 0 Å². The maximum atomic E-state index is 12.0.